The summed E-state index contributed by atoms with van der Waals surface area (Å²) >= 11 is 0. The Hall–Kier alpha value is -1.82. The Morgan fingerprint density at radius 2 is 1.84 bits per heavy atom. The van der Waals surface area contributed by atoms with Gasteiger partial charge in [0.05, 0.1) is 36.0 Å². The summed E-state index contributed by atoms with van der Waals surface area (Å²) < 4.78 is 11.9. The summed E-state index contributed by atoms with van der Waals surface area (Å²) in [6.45, 7) is 14.4. The molecule has 1 heterocycles. The second kappa shape index (κ2) is 7.64. The topological polar surface area (TPSA) is 88.4 Å². The molecule has 0 unspecified atom stereocenters. The Kier molecular flexibility index (Phi) is 5.26. The van der Waals surface area contributed by atoms with Gasteiger partial charge in [-0.3, -0.25) is 4.79 Å². The standard InChI is InChI=1S/C31H45NO5/c1-17-10-11-31(26(34)36-7)13-12-29(5)19(23(31)18(17)2)8-9-22-27(3)14-20(32-35)25(33)28(4)16-37-21(24(27)28)15-30(22,29)6/h8,17-18,22-23,25,33,35H,9-16H2,1-7H3/b32-20+/t17-,18+,22-,23-,25+,27-,28+,29-,30-,31+/m1/s1. The van der Waals surface area contributed by atoms with Gasteiger partial charge in [0.2, 0.25) is 0 Å². The number of esters is 1. The number of hydrogen-bond donors (Lipinski definition) is 2. The lowest BCUT2D eigenvalue weighted by molar-refractivity contribution is -0.172. The average molecular weight is 512 g/mol. The number of allylic oxidation sites excluding steroid dienone is 3. The van der Waals surface area contributed by atoms with Crippen molar-refractivity contribution in [1.82, 2.24) is 0 Å². The molecule has 0 spiro atoms. The zero-order valence-corrected chi connectivity index (χ0v) is 23.7. The Balaban J connectivity index is 1.51. The maximum atomic E-state index is 13.5. The highest BCUT2D eigenvalue weighted by Gasteiger charge is 2.71. The number of aliphatic hydroxyl groups excluding tert-OH is 1. The molecule has 6 nitrogen and oxygen atoms in total. The quantitative estimate of drug-likeness (QED) is 0.199. The Morgan fingerprint density at radius 3 is 2.51 bits per heavy atom. The molecule has 37 heavy (non-hydrogen) atoms. The molecule has 6 heteroatoms. The summed E-state index contributed by atoms with van der Waals surface area (Å²) in [7, 11) is 1.56. The van der Waals surface area contributed by atoms with Crippen molar-refractivity contribution in [2.45, 2.75) is 92.6 Å². The normalized spacial score (nSPS) is 53.4. The number of nitrogens with zero attached hydrogens (tertiary/aromatic N) is 1. The summed E-state index contributed by atoms with van der Waals surface area (Å²) in [4.78, 5) is 13.5. The van der Waals surface area contributed by atoms with E-state index < -0.39 is 16.9 Å². The van der Waals surface area contributed by atoms with E-state index in [4.69, 9.17) is 9.47 Å². The SMILES string of the molecule is COC(=O)[C@]12CC[C@@H](C)[C@H](C)[C@@H]1C1=CC[C@@H]3[C@@]4(C)C/C(=N\O)[C@H](O)[C@@]5(C)COC(=C45)C[C@@]3(C)[C@]1(C)CC2. The van der Waals surface area contributed by atoms with E-state index in [0.29, 0.717) is 36.5 Å². The van der Waals surface area contributed by atoms with Gasteiger partial charge in [0.1, 0.15) is 6.10 Å². The van der Waals surface area contributed by atoms with E-state index in [9.17, 15) is 15.1 Å². The molecule has 5 aliphatic carbocycles. The van der Waals surface area contributed by atoms with E-state index in [0.717, 1.165) is 44.3 Å². The van der Waals surface area contributed by atoms with E-state index in [1.54, 1.807) is 7.11 Å². The Morgan fingerprint density at radius 1 is 1.11 bits per heavy atom. The molecule has 0 aromatic heterocycles. The Labute approximate surface area is 221 Å². The highest BCUT2D eigenvalue weighted by molar-refractivity contribution is 5.92. The van der Waals surface area contributed by atoms with E-state index in [1.165, 1.54) is 11.1 Å². The molecular formula is C31H45NO5. The Bertz CT molecular complexity index is 1140. The van der Waals surface area contributed by atoms with Crippen molar-refractivity contribution < 1.29 is 24.6 Å². The minimum absolute atomic E-state index is 0.0213. The lowest BCUT2D eigenvalue weighted by Crippen LogP contribution is -2.64. The second-order valence-electron chi connectivity index (χ2n) is 14.5. The number of oxime groups is 1. The zero-order chi connectivity index (χ0) is 26.8. The molecule has 2 N–H and O–H groups in total. The van der Waals surface area contributed by atoms with Crippen LogP contribution in [-0.2, 0) is 14.3 Å². The van der Waals surface area contributed by atoms with Crippen LogP contribution < -0.4 is 0 Å². The average Bonchev–Trinajstić information content (AvgIpc) is 3.22. The predicted molar refractivity (Wildman–Crippen MR) is 141 cm³/mol. The van der Waals surface area contributed by atoms with Crippen molar-refractivity contribution in [2.24, 2.45) is 55.9 Å². The minimum Gasteiger partial charge on any atom is -0.497 e. The number of fused-ring (bicyclic) bond motifs is 6. The van der Waals surface area contributed by atoms with Crippen LogP contribution in [0.15, 0.2) is 28.1 Å². The number of aliphatic hydroxyl groups is 1. The van der Waals surface area contributed by atoms with Crippen LogP contribution in [0, 0.1) is 50.7 Å². The number of ether oxygens (including phenoxy) is 2. The van der Waals surface area contributed by atoms with Gasteiger partial charge in [-0.05, 0) is 79.1 Å². The van der Waals surface area contributed by atoms with Crippen LogP contribution in [0.4, 0.5) is 0 Å². The third-order valence-corrected chi connectivity index (χ3v) is 13.2. The molecule has 0 saturated heterocycles. The third kappa shape index (κ3) is 2.76. The third-order valence-electron chi connectivity index (χ3n) is 13.2. The molecule has 3 saturated carbocycles. The van der Waals surface area contributed by atoms with Crippen molar-refractivity contribution >= 4 is 11.7 Å². The lowest BCUT2D eigenvalue weighted by Gasteiger charge is -2.68. The molecule has 0 aromatic rings. The number of carbonyl (C=O) groups excluding carboxylic acids is 1. The molecule has 0 radical (unpaired) electrons. The van der Waals surface area contributed by atoms with Crippen LogP contribution in [0.25, 0.3) is 0 Å². The maximum absolute atomic E-state index is 13.5. The zero-order valence-electron chi connectivity index (χ0n) is 23.7. The number of methoxy groups -OCH3 is 1. The van der Waals surface area contributed by atoms with Crippen molar-refractivity contribution in [2.75, 3.05) is 13.7 Å². The van der Waals surface area contributed by atoms with Crippen molar-refractivity contribution in [3.05, 3.63) is 23.0 Å². The fraction of sp³-hybridized carbons (Fsp3) is 0.806. The van der Waals surface area contributed by atoms with E-state index in [-0.39, 0.29) is 28.1 Å². The van der Waals surface area contributed by atoms with Crippen LogP contribution in [0.5, 0.6) is 0 Å². The van der Waals surface area contributed by atoms with Crippen LogP contribution in [-0.4, -0.2) is 41.8 Å². The number of carbonyl (C=O) groups is 1. The molecule has 0 amide bonds. The summed E-state index contributed by atoms with van der Waals surface area (Å²) in [5, 5.41) is 24.7. The van der Waals surface area contributed by atoms with Gasteiger partial charge in [0, 0.05) is 18.3 Å². The summed E-state index contributed by atoms with van der Waals surface area (Å²) in [6, 6.07) is 0. The lowest BCUT2D eigenvalue weighted by atomic mass is 9.35. The molecule has 0 aromatic carbocycles. The molecule has 6 aliphatic rings. The molecule has 6 rings (SSSR count). The van der Waals surface area contributed by atoms with Gasteiger partial charge < -0.3 is 19.8 Å². The molecule has 204 valence electrons. The van der Waals surface area contributed by atoms with E-state index in [2.05, 4.69) is 52.8 Å². The van der Waals surface area contributed by atoms with Gasteiger partial charge in [-0.25, -0.2) is 0 Å². The first-order valence-electron chi connectivity index (χ1n) is 14.4. The minimum atomic E-state index is -0.826. The number of rotatable bonds is 1. The highest BCUT2D eigenvalue weighted by atomic mass is 16.5. The van der Waals surface area contributed by atoms with Gasteiger partial charge in [0.25, 0.3) is 0 Å². The van der Waals surface area contributed by atoms with Gasteiger partial charge in [0.15, 0.2) is 0 Å². The van der Waals surface area contributed by atoms with Gasteiger partial charge in [-0.15, -0.1) is 0 Å². The summed E-state index contributed by atoms with van der Waals surface area (Å²) in [5.74, 6) is 2.53. The second-order valence-corrected chi connectivity index (χ2v) is 14.5. The van der Waals surface area contributed by atoms with Crippen molar-refractivity contribution in [3.63, 3.8) is 0 Å². The monoisotopic (exact) mass is 511 g/mol. The first kappa shape index (κ1) is 25.5. The first-order chi connectivity index (χ1) is 17.3. The van der Waals surface area contributed by atoms with Crippen LogP contribution in [0.1, 0.15) is 86.5 Å². The molecular weight excluding hydrogens is 466 g/mol. The van der Waals surface area contributed by atoms with Crippen molar-refractivity contribution in [3.8, 4) is 0 Å². The van der Waals surface area contributed by atoms with E-state index in [1.807, 2.05) is 0 Å². The van der Waals surface area contributed by atoms with Crippen LogP contribution >= 0.6 is 0 Å². The molecule has 1 aliphatic heterocycles. The fourth-order valence-corrected chi connectivity index (χ4v) is 10.9. The van der Waals surface area contributed by atoms with Crippen molar-refractivity contribution in [1.29, 1.82) is 0 Å². The number of hydrogen-bond acceptors (Lipinski definition) is 6. The molecule has 10 atom stereocenters. The first-order valence-corrected chi connectivity index (χ1v) is 14.4. The fourth-order valence-electron chi connectivity index (χ4n) is 10.9. The summed E-state index contributed by atoms with van der Waals surface area (Å²) in [6.07, 6.45) is 7.81. The van der Waals surface area contributed by atoms with Gasteiger partial charge >= 0.3 is 5.97 Å². The predicted octanol–water partition coefficient (Wildman–Crippen LogP) is 5.88. The molecule has 0 bridgehead atoms. The van der Waals surface area contributed by atoms with Crippen LogP contribution in [0.3, 0.4) is 0 Å². The van der Waals surface area contributed by atoms with Crippen LogP contribution in [0.2, 0.25) is 0 Å². The smallest absolute Gasteiger partial charge is 0.312 e. The molecule has 3 fully saturated rings. The maximum Gasteiger partial charge on any atom is 0.312 e. The highest BCUT2D eigenvalue weighted by Crippen LogP contribution is 2.76. The van der Waals surface area contributed by atoms with E-state index >= 15 is 0 Å². The van der Waals surface area contributed by atoms with Gasteiger partial charge in [-0.1, -0.05) is 51.4 Å². The largest absolute Gasteiger partial charge is 0.497 e. The van der Waals surface area contributed by atoms with Gasteiger partial charge in [-0.2, -0.15) is 0 Å². The summed E-state index contributed by atoms with van der Waals surface area (Å²) in [5.41, 5.74) is 1.79.